The molecule has 0 unspecified atom stereocenters. The van der Waals surface area contributed by atoms with E-state index in [1.165, 1.54) is 10.6 Å². The molecule has 74 valence electrons. The minimum absolute atomic E-state index is 0.203. The zero-order valence-electron chi connectivity index (χ0n) is 8.24. The Morgan fingerprint density at radius 1 is 1.57 bits per heavy atom. The van der Waals surface area contributed by atoms with Gasteiger partial charge in [0.05, 0.1) is 0 Å². The largest absolute Gasteiger partial charge is 0.493 e. The standard InChI is InChI=1S/C10H12N2O2/c1-3-7-5-9(13)12(4-2)10(14)8(7)6-11/h5,14H,3-4H2,1-2H3. The molecule has 1 N–H and O–H groups in total. The van der Waals surface area contributed by atoms with Gasteiger partial charge in [-0.25, -0.2) is 0 Å². The number of nitriles is 1. The maximum absolute atomic E-state index is 11.4. The van der Waals surface area contributed by atoms with Crippen LogP contribution >= 0.6 is 0 Å². The molecule has 0 aliphatic carbocycles. The smallest absolute Gasteiger partial charge is 0.253 e. The van der Waals surface area contributed by atoms with Crippen molar-refractivity contribution in [1.29, 1.82) is 5.26 Å². The Bertz CT molecular complexity index is 441. The Labute approximate surface area is 82.0 Å². The van der Waals surface area contributed by atoms with Gasteiger partial charge in [-0.15, -0.1) is 0 Å². The summed E-state index contributed by atoms with van der Waals surface area (Å²) in [5.41, 5.74) is 0.537. The summed E-state index contributed by atoms with van der Waals surface area (Å²) in [6.07, 6.45) is 0.566. The second kappa shape index (κ2) is 3.97. The van der Waals surface area contributed by atoms with E-state index >= 15 is 0 Å². The number of hydrogen-bond donors (Lipinski definition) is 1. The van der Waals surface area contributed by atoms with Gasteiger partial charge in [-0.3, -0.25) is 9.36 Å². The van der Waals surface area contributed by atoms with Crippen molar-refractivity contribution in [2.45, 2.75) is 26.8 Å². The number of hydrogen-bond acceptors (Lipinski definition) is 3. The van der Waals surface area contributed by atoms with Crippen molar-refractivity contribution in [2.75, 3.05) is 0 Å². The third-order valence-corrected chi connectivity index (χ3v) is 2.17. The summed E-state index contributed by atoms with van der Waals surface area (Å²) in [6.45, 7) is 3.95. The minimum Gasteiger partial charge on any atom is -0.493 e. The van der Waals surface area contributed by atoms with E-state index in [-0.39, 0.29) is 17.0 Å². The molecule has 0 aromatic carbocycles. The van der Waals surface area contributed by atoms with Gasteiger partial charge in [-0.2, -0.15) is 5.26 Å². The summed E-state index contributed by atoms with van der Waals surface area (Å²) in [5.74, 6) is -0.223. The number of aromatic hydroxyl groups is 1. The minimum atomic E-state index is -0.263. The van der Waals surface area contributed by atoms with E-state index in [2.05, 4.69) is 0 Å². The van der Waals surface area contributed by atoms with E-state index in [9.17, 15) is 9.90 Å². The fourth-order valence-corrected chi connectivity index (χ4v) is 1.39. The molecule has 0 amide bonds. The first kappa shape index (κ1) is 10.3. The predicted molar refractivity (Wildman–Crippen MR) is 52.1 cm³/mol. The molecular formula is C10H12N2O2. The van der Waals surface area contributed by atoms with Gasteiger partial charge in [0.25, 0.3) is 5.56 Å². The highest BCUT2D eigenvalue weighted by atomic mass is 16.3. The first-order chi connectivity index (χ1) is 6.65. The van der Waals surface area contributed by atoms with Crippen molar-refractivity contribution in [3.05, 3.63) is 27.5 Å². The number of aryl methyl sites for hydroxylation is 1. The Morgan fingerprint density at radius 3 is 2.64 bits per heavy atom. The summed E-state index contributed by atoms with van der Waals surface area (Å²) in [4.78, 5) is 11.4. The molecule has 0 spiro atoms. The third-order valence-electron chi connectivity index (χ3n) is 2.17. The average molecular weight is 192 g/mol. The highest BCUT2D eigenvalue weighted by Gasteiger charge is 2.12. The van der Waals surface area contributed by atoms with Crippen molar-refractivity contribution in [3.8, 4) is 11.9 Å². The van der Waals surface area contributed by atoms with Gasteiger partial charge in [0.15, 0.2) is 0 Å². The molecule has 14 heavy (non-hydrogen) atoms. The van der Waals surface area contributed by atoms with E-state index in [4.69, 9.17) is 5.26 Å². The number of nitrogens with zero attached hydrogens (tertiary/aromatic N) is 2. The first-order valence-electron chi connectivity index (χ1n) is 4.51. The summed E-state index contributed by atoms with van der Waals surface area (Å²) >= 11 is 0. The van der Waals surface area contributed by atoms with Gasteiger partial charge in [0.1, 0.15) is 11.6 Å². The lowest BCUT2D eigenvalue weighted by Gasteiger charge is -2.09. The molecule has 0 radical (unpaired) electrons. The van der Waals surface area contributed by atoms with Gasteiger partial charge in [0, 0.05) is 12.6 Å². The van der Waals surface area contributed by atoms with Crippen LogP contribution in [0.4, 0.5) is 0 Å². The molecule has 0 atom stereocenters. The summed E-state index contributed by atoms with van der Waals surface area (Å²) in [5, 5.41) is 18.4. The van der Waals surface area contributed by atoms with Gasteiger partial charge < -0.3 is 5.11 Å². The van der Waals surface area contributed by atoms with Gasteiger partial charge >= 0.3 is 0 Å². The summed E-state index contributed by atoms with van der Waals surface area (Å²) in [6, 6.07) is 3.31. The van der Waals surface area contributed by atoms with Crippen LogP contribution in [-0.2, 0) is 13.0 Å². The lowest BCUT2D eigenvalue weighted by molar-refractivity contribution is 0.408. The Kier molecular flexibility index (Phi) is 2.92. The maximum atomic E-state index is 11.4. The van der Waals surface area contributed by atoms with Crippen LogP contribution in [0.2, 0.25) is 0 Å². The normalized spacial score (nSPS) is 9.79. The highest BCUT2D eigenvalue weighted by molar-refractivity contribution is 5.44. The van der Waals surface area contributed by atoms with Crippen molar-refractivity contribution >= 4 is 0 Å². The lowest BCUT2D eigenvalue weighted by Crippen LogP contribution is -2.20. The third kappa shape index (κ3) is 1.49. The number of rotatable bonds is 2. The molecular weight excluding hydrogens is 180 g/mol. The van der Waals surface area contributed by atoms with E-state index < -0.39 is 0 Å². The zero-order chi connectivity index (χ0) is 10.7. The summed E-state index contributed by atoms with van der Waals surface area (Å²) in [7, 11) is 0. The fraction of sp³-hybridized carbons (Fsp3) is 0.400. The SMILES string of the molecule is CCc1cc(=O)n(CC)c(O)c1C#N. The molecule has 0 saturated heterocycles. The fourth-order valence-electron chi connectivity index (χ4n) is 1.39. The van der Waals surface area contributed by atoms with Crippen LogP contribution in [0.25, 0.3) is 0 Å². The molecule has 0 aliphatic rings. The molecule has 1 heterocycles. The van der Waals surface area contributed by atoms with E-state index in [0.29, 0.717) is 18.5 Å². The molecule has 0 bridgehead atoms. The molecule has 4 nitrogen and oxygen atoms in total. The molecule has 1 aromatic heterocycles. The Hall–Kier alpha value is -1.76. The second-order valence-corrected chi connectivity index (χ2v) is 2.92. The molecule has 0 fully saturated rings. The van der Waals surface area contributed by atoms with Crippen LogP contribution in [0, 0.1) is 11.3 Å². The highest BCUT2D eigenvalue weighted by Crippen LogP contribution is 2.18. The van der Waals surface area contributed by atoms with Crippen LogP contribution < -0.4 is 5.56 Å². The Morgan fingerprint density at radius 2 is 2.21 bits per heavy atom. The van der Waals surface area contributed by atoms with E-state index in [1.807, 2.05) is 13.0 Å². The zero-order valence-corrected chi connectivity index (χ0v) is 8.24. The number of pyridine rings is 1. The van der Waals surface area contributed by atoms with Crippen molar-refractivity contribution in [1.82, 2.24) is 4.57 Å². The second-order valence-electron chi connectivity index (χ2n) is 2.92. The van der Waals surface area contributed by atoms with Crippen LogP contribution in [0.1, 0.15) is 25.0 Å². The monoisotopic (exact) mass is 192 g/mol. The maximum Gasteiger partial charge on any atom is 0.253 e. The van der Waals surface area contributed by atoms with Gasteiger partial charge in [-0.1, -0.05) is 6.92 Å². The van der Waals surface area contributed by atoms with Crippen LogP contribution in [0.15, 0.2) is 10.9 Å². The quantitative estimate of drug-likeness (QED) is 0.760. The lowest BCUT2D eigenvalue weighted by atomic mass is 10.1. The van der Waals surface area contributed by atoms with Crippen LogP contribution in [0.3, 0.4) is 0 Å². The topological polar surface area (TPSA) is 66.0 Å². The summed E-state index contributed by atoms with van der Waals surface area (Å²) < 4.78 is 1.18. The Balaban J connectivity index is 3.58. The van der Waals surface area contributed by atoms with Crippen molar-refractivity contribution in [3.63, 3.8) is 0 Å². The number of aromatic nitrogens is 1. The molecule has 1 rings (SSSR count). The first-order valence-corrected chi connectivity index (χ1v) is 4.51. The van der Waals surface area contributed by atoms with Crippen LogP contribution in [-0.4, -0.2) is 9.67 Å². The molecule has 1 aromatic rings. The average Bonchev–Trinajstić information content (AvgIpc) is 2.17. The van der Waals surface area contributed by atoms with Crippen molar-refractivity contribution in [2.24, 2.45) is 0 Å². The molecule has 0 aliphatic heterocycles. The molecule has 0 saturated carbocycles. The van der Waals surface area contributed by atoms with Gasteiger partial charge in [-0.05, 0) is 18.9 Å². The molecule has 4 heteroatoms. The van der Waals surface area contributed by atoms with E-state index in [0.717, 1.165) is 0 Å². The van der Waals surface area contributed by atoms with Gasteiger partial charge in [0.2, 0.25) is 5.88 Å². The van der Waals surface area contributed by atoms with E-state index in [1.54, 1.807) is 6.92 Å². The van der Waals surface area contributed by atoms with Crippen LogP contribution in [0.5, 0.6) is 5.88 Å². The predicted octanol–water partition coefficient (Wildman–Crippen LogP) is 1.01. The van der Waals surface area contributed by atoms with Crippen molar-refractivity contribution < 1.29 is 5.11 Å².